The maximum Gasteiger partial charge on any atom is 0.150 e. The van der Waals surface area contributed by atoms with Crippen LogP contribution in [0.2, 0.25) is 0 Å². The van der Waals surface area contributed by atoms with Gasteiger partial charge in [-0.05, 0) is 25.7 Å². The second-order valence-corrected chi connectivity index (χ2v) is 7.59. The standard InChI is InChI=1S/C11H21NO3S/c1-9-6-12-11(2,15-7-9)10-4-3-5-16(13,14)8-10/h9-10,12H,3-8H2,1-2H3. The minimum Gasteiger partial charge on any atom is -0.360 e. The number of rotatable bonds is 1. The van der Waals surface area contributed by atoms with Gasteiger partial charge in [0.05, 0.1) is 18.1 Å². The highest BCUT2D eigenvalue weighted by atomic mass is 32.2. The summed E-state index contributed by atoms with van der Waals surface area (Å²) < 4.78 is 29.1. The van der Waals surface area contributed by atoms with Gasteiger partial charge in [-0.1, -0.05) is 6.92 Å². The monoisotopic (exact) mass is 247 g/mol. The van der Waals surface area contributed by atoms with E-state index in [1.54, 1.807) is 0 Å². The third-order valence-corrected chi connectivity index (χ3v) is 5.53. The van der Waals surface area contributed by atoms with Crippen molar-refractivity contribution >= 4 is 9.84 Å². The highest BCUT2D eigenvalue weighted by Gasteiger charge is 2.41. The lowest BCUT2D eigenvalue weighted by Gasteiger charge is -2.44. The molecule has 0 radical (unpaired) electrons. The van der Waals surface area contributed by atoms with E-state index < -0.39 is 15.6 Å². The Bertz CT molecular complexity index is 344. The minimum absolute atomic E-state index is 0.0961. The summed E-state index contributed by atoms with van der Waals surface area (Å²) in [5, 5.41) is 3.37. The summed E-state index contributed by atoms with van der Waals surface area (Å²) in [4.78, 5) is 0. The molecule has 0 aromatic heterocycles. The summed E-state index contributed by atoms with van der Waals surface area (Å²) in [5.41, 5.74) is -0.444. The molecule has 0 bridgehead atoms. The van der Waals surface area contributed by atoms with E-state index in [1.807, 2.05) is 6.92 Å². The van der Waals surface area contributed by atoms with Gasteiger partial charge in [0.1, 0.15) is 5.72 Å². The SMILES string of the molecule is CC1CNC(C)(C2CCCS(=O)(=O)C2)OC1. The maximum absolute atomic E-state index is 11.6. The van der Waals surface area contributed by atoms with E-state index in [0.29, 0.717) is 11.7 Å². The molecule has 2 aliphatic heterocycles. The van der Waals surface area contributed by atoms with Crippen molar-refractivity contribution < 1.29 is 13.2 Å². The molecule has 0 aliphatic carbocycles. The summed E-state index contributed by atoms with van der Waals surface area (Å²) in [6.45, 7) is 5.75. The third kappa shape index (κ3) is 2.57. The molecule has 94 valence electrons. The van der Waals surface area contributed by atoms with Crippen molar-refractivity contribution in [3.63, 3.8) is 0 Å². The average Bonchev–Trinajstić information content (AvgIpc) is 2.21. The van der Waals surface area contributed by atoms with Crippen LogP contribution in [0.5, 0.6) is 0 Å². The molecule has 0 saturated carbocycles. The van der Waals surface area contributed by atoms with E-state index in [4.69, 9.17) is 4.74 Å². The molecule has 0 aromatic carbocycles. The van der Waals surface area contributed by atoms with Crippen LogP contribution in [0.4, 0.5) is 0 Å². The second-order valence-electron chi connectivity index (χ2n) is 5.36. The van der Waals surface area contributed by atoms with Crippen molar-refractivity contribution in [1.82, 2.24) is 5.32 Å². The molecule has 2 rings (SSSR count). The predicted molar refractivity (Wildman–Crippen MR) is 62.9 cm³/mol. The third-order valence-electron chi connectivity index (χ3n) is 3.71. The summed E-state index contributed by atoms with van der Waals surface area (Å²) in [7, 11) is -2.85. The topological polar surface area (TPSA) is 55.4 Å². The Hall–Kier alpha value is -0.130. The van der Waals surface area contributed by atoms with Gasteiger partial charge in [-0.25, -0.2) is 8.42 Å². The zero-order valence-corrected chi connectivity index (χ0v) is 10.8. The van der Waals surface area contributed by atoms with Crippen molar-refractivity contribution in [2.45, 2.75) is 32.4 Å². The zero-order valence-electron chi connectivity index (χ0n) is 10.0. The number of hydrogen-bond donors (Lipinski definition) is 1. The van der Waals surface area contributed by atoms with E-state index >= 15 is 0 Å². The van der Waals surface area contributed by atoms with Crippen LogP contribution in [0.1, 0.15) is 26.7 Å². The highest BCUT2D eigenvalue weighted by molar-refractivity contribution is 7.91. The fourth-order valence-corrected chi connectivity index (χ4v) is 4.39. The van der Waals surface area contributed by atoms with Crippen molar-refractivity contribution in [3.8, 4) is 0 Å². The summed E-state index contributed by atoms with van der Waals surface area (Å²) in [5.74, 6) is 1.22. The first kappa shape index (κ1) is 12.3. The molecule has 16 heavy (non-hydrogen) atoms. The number of ether oxygens (including phenoxy) is 1. The highest BCUT2D eigenvalue weighted by Crippen LogP contribution is 2.31. The van der Waals surface area contributed by atoms with Crippen LogP contribution in [0.3, 0.4) is 0 Å². The molecule has 0 aromatic rings. The first-order chi connectivity index (χ1) is 7.41. The fourth-order valence-electron chi connectivity index (χ4n) is 2.52. The lowest BCUT2D eigenvalue weighted by atomic mass is 9.91. The Labute approximate surface area is 97.7 Å². The summed E-state index contributed by atoms with van der Waals surface area (Å²) >= 11 is 0. The van der Waals surface area contributed by atoms with Crippen LogP contribution in [0.15, 0.2) is 0 Å². The van der Waals surface area contributed by atoms with Gasteiger partial charge in [-0.15, -0.1) is 0 Å². The Morgan fingerprint density at radius 1 is 1.44 bits per heavy atom. The second kappa shape index (κ2) is 4.27. The van der Waals surface area contributed by atoms with E-state index in [0.717, 1.165) is 26.0 Å². The molecule has 0 amide bonds. The normalized spacial score (nSPS) is 44.1. The van der Waals surface area contributed by atoms with Gasteiger partial charge < -0.3 is 4.74 Å². The van der Waals surface area contributed by atoms with Crippen LogP contribution < -0.4 is 5.32 Å². The smallest absolute Gasteiger partial charge is 0.150 e. The quantitative estimate of drug-likeness (QED) is 0.744. The van der Waals surface area contributed by atoms with Crippen molar-refractivity contribution in [2.24, 2.45) is 11.8 Å². The Morgan fingerprint density at radius 2 is 2.19 bits per heavy atom. The van der Waals surface area contributed by atoms with Crippen molar-refractivity contribution in [2.75, 3.05) is 24.7 Å². The Kier molecular flexibility index (Phi) is 3.29. The molecule has 3 atom stereocenters. The molecular formula is C11H21NO3S. The average molecular weight is 247 g/mol. The fraction of sp³-hybridized carbons (Fsp3) is 1.00. The summed E-state index contributed by atoms with van der Waals surface area (Å²) in [6.07, 6.45) is 1.71. The molecule has 2 saturated heterocycles. The molecule has 1 N–H and O–H groups in total. The number of hydrogen-bond acceptors (Lipinski definition) is 4. The molecule has 4 nitrogen and oxygen atoms in total. The molecule has 2 fully saturated rings. The Morgan fingerprint density at radius 3 is 2.75 bits per heavy atom. The van der Waals surface area contributed by atoms with Gasteiger partial charge in [0.25, 0.3) is 0 Å². The lowest BCUT2D eigenvalue weighted by Crippen LogP contribution is -2.59. The molecule has 3 unspecified atom stereocenters. The molecule has 2 heterocycles. The van der Waals surface area contributed by atoms with Gasteiger partial charge >= 0.3 is 0 Å². The van der Waals surface area contributed by atoms with Crippen LogP contribution in [-0.2, 0) is 14.6 Å². The first-order valence-electron chi connectivity index (χ1n) is 6.01. The van der Waals surface area contributed by atoms with Gasteiger partial charge in [-0.2, -0.15) is 0 Å². The van der Waals surface area contributed by atoms with Crippen LogP contribution in [0, 0.1) is 11.8 Å². The van der Waals surface area contributed by atoms with E-state index in [-0.39, 0.29) is 11.7 Å². The predicted octanol–water partition coefficient (Wildman–Crippen LogP) is 0.783. The molecular weight excluding hydrogens is 226 g/mol. The van der Waals surface area contributed by atoms with Gasteiger partial charge in [0, 0.05) is 12.5 Å². The van der Waals surface area contributed by atoms with E-state index in [2.05, 4.69) is 12.2 Å². The molecule has 5 heteroatoms. The number of sulfone groups is 1. The maximum atomic E-state index is 11.6. The zero-order chi connectivity index (χ0) is 11.8. The minimum atomic E-state index is -2.85. The van der Waals surface area contributed by atoms with Crippen LogP contribution in [0.25, 0.3) is 0 Å². The lowest BCUT2D eigenvalue weighted by molar-refractivity contribution is -0.133. The van der Waals surface area contributed by atoms with Crippen LogP contribution in [-0.4, -0.2) is 38.8 Å². The molecule has 0 spiro atoms. The van der Waals surface area contributed by atoms with Crippen molar-refractivity contribution in [1.29, 1.82) is 0 Å². The Balaban J connectivity index is 2.06. The van der Waals surface area contributed by atoms with E-state index in [1.165, 1.54) is 0 Å². The first-order valence-corrected chi connectivity index (χ1v) is 7.83. The van der Waals surface area contributed by atoms with Crippen molar-refractivity contribution in [3.05, 3.63) is 0 Å². The largest absolute Gasteiger partial charge is 0.360 e. The van der Waals surface area contributed by atoms with Gasteiger partial charge in [0.2, 0.25) is 0 Å². The summed E-state index contributed by atoms with van der Waals surface area (Å²) in [6, 6.07) is 0. The van der Waals surface area contributed by atoms with Gasteiger partial charge in [-0.3, -0.25) is 5.32 Å². The van der Waals surface area contributed by atoms with Gasteiger partial charge in [0.15, 0.2) is 9.84 Å². The van der Waals surface area contributed by atoms with Crippen LogP contribution >= 0.6 is 0 Å². The number of nitrogens with one attached hydrogen (secondary N) is 1. The van der Waals surface area contributed by atoms with E-state index in [9.17, 15) is 8.42 Å². The molecule has 2 aliphatic rings.